The molecule has 0 aromatic carbocycles. The van der Waals surface area contributed by atoms with Gasteiger partial charge in [0.2, 0.25) is 5.91 Å². The number of carboxylic acid groups (broad SMARTS) is 1. The smallest absolute Gasteiger partial charge is 0.322 e. The van der Waals surface area contributed by atoms with Crippen LogP contribution < -0.4 is 5.32 Å². The number of aliphatic carboxylic acids is 1. The SMILES string of the molecule is C[C@H](CCC(=O)NCC(=O)O)[C@H]1CC[C@H]2[C@H]3CC[C@@H]4C[C@H](O)CC[C@@]4(C)[C@H]3CC[C@@]12C. The van der Waals surface area contributed by atoms with E-state index in [0.717, 1.165) is 37.0 Å². The lowest BCUT2D eigenvalue weighted by Gasteiger charge is -2.61. The maximum Gasteiger partial charge on any atom is 0.322 e. The van der Waals surface area contributed by atoms with Gasteiger partial charge in [0, 0.05) is 6.42 Å². The van der Waals surface area contributed by atoms with E-state index in [-0.39, 0.29) is 18.6 Å². The maximum atomic E-state index is 12.0. The van der Waals surface area contributed by atoms with Crippen LogP contribution in [0.2, 0.25) is 0 Å². The number of amides is 1. The van der Waals surface area contributed by atoms with Crippen molar-refractivity contribution in [2.24, 2.45) is 46.3 Å². The molecule has 0 aromatic rings. The van der Waals surface area contributed by atoms with Gasteiger partial charge in [-0.25, -0.2) is 0 Å². The number of carbonyl (C=O) groups is 2. The first kappa shape index (κ1) is 23.1. The van der Waals surface area contributed by atoms with Crippen molar-refractivity contribution >= 4 is 11.9 Å². The Morgan fingerprint density at radius 2 is 1.71 bits per heavy atom. The van der Waals surface area contributed by atoms with Crippen molar-refractivity contribution in [2.45, 2.75) is 97.5 Å². The molecule has 0 heterocycles. The molecule has 0 unspecified atom stereocenters. The molecule has 4 aliphatic carbocycles. The molecular formula is C26H43NO4. The summed E-state index contributed by atoms with van der Waals surface area (Å²) in [5, 5.41) is 21.5. The zero-order valence-electron chi connectivity index (χ0n) is 19.7. The fourth-order valence-corrected chi connectivity index (χ4v) is 9.03. The molecule has 5 nitrogen and oxygen atoms in total. The van der Waals surface area contributed by atoms with Crippen molar-refractivity contribution in [2.75, 3.05) is 6.54 Å². The Hall–Kier alpha value is -1.10. The minimum absolute atomic E-state index is 0.0760. The summed E-state index contributed by atoms with van der Waals surface area (Å²) in [5.74, 6) is 3.23. The van der Waals surface area contributed by atoms with Gasteiger partial charge in [0.05, 0.1) is 6.10 Å². The monoisotopic (exact) mass is 433 g/mol. The predicted octanol–water partition coefficient (Wildman–Crippen LogP) is 4.62. The highest BCUT2D eigenvalue weighted by molar-refractivity contribution is 5.81. The van der Waals surface area contributed by atoms with Crippen LogP contribution in [0.3, 0.4) is 0 Å². The van der Waals surface area contributed by atoms with Crippen molar-refractivity contribution < 1.29 is 19.8 Å². The molecule has 4 fully saturated rings. The average molecular weight is 434 g/mol. The number of carboxylic acids is 1. The van der Waals surface area contributed by atoms with Gasteiger partial charge in [-0.3, -0.25) is 9.59 Å². The number of fused-ring (bicyclic) bond motifs is 5. The van der Waals surface area contributed by atoms with Crippen LogP contribution in [0, 0.1) is 46.3 Å². The Bertz CT molecular complexity index is 695. The molecule has 3 N–H and O–H groups in total. The lowest BCUT2D eigenvalue weighted by Crippen LogP contribution is -2.54. The Labute approximate surface area is 187 Å². The molecular weight excluding hydrogens is 390 g/mol. The second-order valence-corrected chi connectivity index (χ2v) is 12.0. The molecule has 4 rings (SSSR count). The first-order valence-corrected chi connectivity index (χ1v) is 12.8. The average Bonchev–Trinajstić information content (AvgIpc) is 3.08. The normalized spacial score (nSPS) is 45.2. The van der Waals surface area contributed by atoms with Crippen molar-refractivity contribution in [3.05, 3.63) is 0 Å². The Balaban J connectivity index is 1.40. The molecule has 31 heavy (non-hydrogen) atoms. The second-order valence-electron chi connectivity index (χ2n) is 12.0. The predicted molar refractivity (Wildman–Crippen MR) is 120 cm³/mol. The van der Waals surface area contributed by atoms with Gasteiger partial charge in [0.25, 0.3) is 0 Å². The van der Waals surface area contributed by atoms with E-state index in [9.17, 15) is 14.7 Å². The third kappa shape index (κ3) is 4.16. The summed E-state index contributed by atoms with van der Waals surface area (Å²) in [4.78, 5) is 22.7. The zero-order valence-corrected chi connectivity index (χ0v) is 19.7. The molecule has 0 bridgehead atoms. The van der Waals surface area contributed by atoms with Crippen molar-refractivity contribution in [1.29, 1.82) is 0 Å². The number of aliphatic hydroxyl groups is 1. The number of rotatable bonds is 6. The van der Waals surface area contributed by atoms with Crippen molar-refractivity contribution in [3.8, 4) is 0 Å². The fourth-order valence-electron chi connectivity index (χ4n) is 9.03. The molecule has 0 spiro atoms. The van der Waals surface area contributed by atoms with E-state index in [1.165, 1.54) is 44.9 Å². The molecule has 4 aliphatic rings. The molecule has 0 radical (unpaired) electrons. The van der Waals surface area contributed by atoms with Crippen LogP contribution in [0.4, 0.5) is 0 Å². The topological polar surface area (TPSA) is 86.6 Å². The molecule has 0 saturated heterocycles. The number of carbonyl (C=O) groups excluding carboxylic acids is 1. The highest BCUT2D eigenvalue weighted by atomic mass is 16.4. The first-order valence-electron chi connectivity index (χ1n) is 12.8. The third-order valence-corrected chi connectivity index (χ3v) is 10.7. The summed E-state index contributed by atoms with van der Waals surface area (Å²) in [6, 6.07) is 0. The number of hydrogen-bond donors (Lipinski definition) is 3. The minimum Gasteiger partial charge on any atom is -0.480 e. The quantitative estimate of drug-likeness (QED) is 0.570. The van der Waals surface area contributed by atoms with E-state index in [4.69, 9.17) is 5.11 Å². The first-order chi connectivity index (χ1) is 14.6. The Morgan fingerprint density at radius 1 is 1.00 bits per heavy atom. The number of nitrogens with one attached hydrogen (secondary N) is 1. The van der Waals surface area contributed by atoms with Gasteiger partial charge in [-0.05, 0) is 111 Å². The van der Waals surface area contributed by atoms with Crippen LogP contribution in [0.25, 0.3) is 0 Å². The standard InChI is InChI=1S/C26H43NO4/c1-16(4-9-23(29)27-15-24(30)31)20-7-8-21-19-6-5-17-14-18(28)10-12-25(17,2)22(19)11-13-26(20,21)3/h16-22,28H,4-15H2,1-3H3,(H,27,29)(H,30,31)/t16-,17-,18-,19-,20-,21+,22+,25-,26+/m1/s1. The van der Waals surface area contributed by atoms with Crippen LogP contribution in [0.5, 0.6) is 0 Å². The zero-order chi connectivity index (χ0) is 22.4. The van der Waals surface area contributed by atoms with E-state index >= 15 is 0 Å². The largest absolute Gasteiger partial charge is 0.480 e. The molecule has 5 heteroatoms. The van der Waals surface area contributed by atoms with Gasteiger partial charge in [0.15, 0.2) is 0 Å². The lowest BCUT2D eigenvalue weighted by atomic mass is 9.44. The summed E-state index contributed by atoms with van der Waals surface area (Å²) >= 11 is 0. The van der Waals surface area contributed by atoms with Gasteiger partial charge in [-0.15, -0.1) is 0 Å². The van der Waals surface area contributed by atoms with E-state index in [1.807, 2.05) is 0 Å². The van der Waals surface area contributed by atoms with Crippen LogP contribution in [-0.4, -0.2) is 34.7 Å². The number of aliphatic hydroxyl groups excluding tert-OH is 1. The van der Waals surface area contributed by atoms with Crippen LogP contribution in [-0.2, 0) is 9.59 Å². The van der Waals surface area contributed by atoms with Gasteiger partial charge in [0.1, 0.15) is 6.54 Å². The summed E-state index contributed by atoms with van der Waals surface area (Å²) < 4.78 is 0. The fraction of sp³-hybridized carbons (Fsp3) is 0.923. The highest BCUT2D eigenvalue weighted by Gasteiger charge is 2.60. The Morgan fingerprint density at radius 3 is 2.45 bits per heavy atom. The Kier molecular flexibility index (Phi) is 6.46. The van der Waals surface area contributed by atoms with Gasteiger partial charge < -0.3 is 15.5 Å². The second kappa shape index (κ2) is 8.68. The highest BCUT2D eigenvalue weighted by Crippen LogP contribution is 2.68. The molecule has 1 amide bonds. The van der Waals surface area contributed by atoms with E-state index in [1.54, 1.807) is 0 Å². The van der Waals surface area contributed by atoms with Crippen LogP contribution in [0.15, 0.2) is 0 Å². The minimum atomic E-state index is -0.986. The van der Waals surface area contributed by atoms with Crippen LogP contribution in [0.1, 0.15) is 91.4 Å². The van der Waals surface area contributed by atoms with Gasteiger partial charge in [-0.2, -0.15) is 0 Å². The summed E-state index contributed by atoms with van der Waals surface area (Å²) in [5.41, 5.74) is 0.810. The third-order valence-electron chi connectivity index (χ3n) is 10.7. The molecule has 0 aromatic heterocycles. The van der Waals surface area contributed by atoms with E-state index < -0.39 is 5.97 Å². The van der Waals surface area contributed by atoms with Gasteiger partial charge in [-0.1, -0.05) is 20.8 Å². The van der Waals surface area contributed by atoms with E-state index in [0.29, 0.717) is 35.0 Å². The molecule has 0 aliphatic heterocycles. The van der Waals surface area contributed by atoms with Crippen molar-refractivity contribution in [3.63, 3.8) is 0 Å². The van der Waals surface area contributed by atoms with Gasteiger partial charge >= 0.3 is 5.97 Å². The molecule has 4 saturated carbocycles. The summed E-state index contributed by atoms with van der Waals surface area (Å²) in [6.07, 6.45) is 12.3. The molecule has 9 atom stereocenters. The van der Waals surface area contributed by atoms with Crippen LogP contribution >= 0.6 is 0 Å². The molecule has 176 valence electrons. The summed E-state index contributed by atoms with van der Waals surface area (Å²) in [6.45, 7) is 7.13. The van der Waals surface area contributed by atoms with Crippen molar-refractivity contribution in [1.82, 2.24) is 5.32 Å². The number of hydrogen-bond acceptors (Lipinski definition) is 3. The summed E-state index contributed by atoms with van der Waals surface area (Å²) in [7, 11) is 0. The lowest BCUT2D eigenvalue weighted by molar-refractivity contribution is -0.138. The maximum absolute atomic E-state index is 12.0. The van der Waals surface area contributed by atoms with E-state index in [2.05, 4.69) is 26.1 Å².